The van der Waals surface area contributed by atoms with E-state index < -0.39 is 0 Å². The van der Waals surface area contributed by atoms with E-state index in [2.05, 4.69) is 24.8 Å². The molecule has 1 aliphatic rings. The standard InChI is InChI=1S/C11H20ClN/c1-10(2)6-8-13(9-7-12)11-4-3-5-11/h6,11H,3-5,7-9H2,1-2H3. The van der Waals surface area contributed by atoms with Crippen LogP contribution in [0.25, 0.3) is 0 Å². The number of nitrogens with zero attached hydrogens (tertiary/aromatic N) is 1. The van der Waals surface area contributed by atoms with Gasteiger partial charge in [0.15, 0.2) is 0 Å². The van der Waals surface area contributed by atoms with E-state index in [0.29, 0.717) is 0 Å². The fourth-order valence-corrected chi connectivity index (χ4v) is 1.80. The molecule has 0 unspecified atom stereocenters. The van der Waals surface area contributed by atoms with Gasteiger partial charge >= 0.3 is 0 Å². The topological polar surface area (TPSA) is 3.24 Å². The predicted molar refractivity (Wildman–Crippen MR) is 59.4 cm³/mol. The first-order valence-electron chi connectivity index (χ1n) is 5.17. The first-order valence-corrected chi connectivity index (χ1v) is 5.71. The Bertz CT molecular complexity index is 169. The molecular formula is C11H20ClN. The molecule has 0 aromatic rings. The molecule has 0 aromatic heterocycles. The van der Waals surface area contributed by atoms with Gasteiger partial charge in [0.25, 0.3) is 0 Å². The third-order valence-corrected chi connectivity index (χ3v) is 2.87. The van der Waals surface area contributed by atoms with Gasteiger partial charge < -0.3 is 0 Å². The number of rotatable bonds is 5. The van der Waals surface area contributed by atoms with E-state index in [1.165, 1.54) is 24.8 Å². The second-order valence-corrected chi connectivity index (χ2v) is 4.43. The molecule has 1 saturated carbocycles. The summed E-state index contributed by atoms with van der Waals surface area (Å²) >= 11 is 5.77. The molecule has 0 heterocycles. The van der Waals surface area contributed by atoms with Gasteiger partial charge in [0.1, 0.15) is 0 Å². The average Bonchev–Trinajstić information content (AvgIpc) is 1.97. The molecule has 0 N–H and O–H groups in total. The van der Waals surface area contributed by atoms with Crippen LogP contribution in [0.5, 0.6) is 0 Å². The zero-order valence-electron chi connectivity index (χ0n) is 8.72. The van der Waals surface area contributed by atoms with Crippen LogP contribution in [-0.2, 0) is 0 Å². The van der Waals surface area contributed by atoms with Crippen molar-refractivity contribution in [3.63, 3.8) is 0 Å². The highest BCUT2D eigenvalue weighted by molar-refractivity contribution is 6.18. The molecule has 0 amide bonds. The van der Waals surface area contributed by atoms with E-state index in [1.54, 1.807) is 0 Å². The normalized spacial score (nSPS) is 17.2. The molecule has 0 aliphatic heterocycles. The van der Waals surface area contributed by atoms with Gasteiger partial charge in [-0.2, -0.15) is 0 Å². The molecule has 0 atom stereocenters. The Balaban J connectivity index is 2.32. The third-order valence-electron chi connectivity index (χ3n) is 2.70. The highest BCUT2D eigenvalue weighted by Gasteiger charge is 2.23. The van der Waals surface area contributed by atoms with Gasteiger partial charge in [-0.25, -0.2) is 0 Å². The van der Waals surface area contributed by atoms with Crippen molar-refractivity contribution in [1.29, 1.82) is 0 Å². The van der Waals surface area contributed by atoms with Gasteiger partial charge in [-0.05, 0) is 26.7 Å². The van der Waals surface area contributed by atoms with Crippen LogP contribution in [0.15, 0.2) is 11.6 Å². The first-order chi connectivity index (χ1) is 6.24. The smallest absolute Gasteiger partial charge is 0.0351 e. The van der Waals surface area contributed by atoms with Crippen molar-refractivity contribution >= 4 is 11.6 Å². The number of allylic oxidation sites excluding steroid dienone is 1. The summed E-state index contributed by atoms with van der Waals surface area (Å²) in [5.74, 6) is 0.757. The predicted octanol–water partition coefficient (Wildman–Crippen LogP) is 3.05. The molecule has 1 rings (SSSR count). The minimum Gasteiger partial charge on any atom is -0.296 e. The van der Waals surface area contributed by atoms with Crippen molar-refractivity contribution in [2.24, 2.45) is 0 Å². The van der Waals surface area contributed by atoms with E-state index in [1.807, 2.05) is 0 Å². The maximum Gasteiger partial charge on any atom is 0.0351 e. The first kappa shape index (κ1) is 11.1. The van der Waals surface area contributed by atoms with Crippen molar-refractivity contribution in [3.8, 4) is 0 Å². The molecule has 1 fully saturated rings. The summed E-state index contributed by atoms with van der Waals surface area (Å²) in [5.41, 5.74) is 1.40. The van der Waals surface area contributed by atoms with Crippen molar-refractivity contribution in [1.82, 2.24) is 4.90 Å². The van der Waals surface area contributed by atoms with Crippen LogP contribution in [0.4, 0.5) is 0 Å². The second-order valence-electron chi connectivity index (χ2n) is 4.05. The Morgan fingerprint density at radius 3 is 2.54 bits per heavy atom. The fraction of sp³-hybridized carbons (Fsp3) is 0.818. The molecule has 0 bridgehead atoms. The maximum atomic E-state index is 5.77. The van der Waals surface area contributed by atoms with Crippen LogP contribution in [0.1, 0.15) is 33.1 Å². The third kappa shape index (κ3) is 3.70. The minimum atomic E-state index is 0.757. The summed E-state index contributed by atoms with van der Waals surface area (Å²) in [7, 11) is 0. The lowest BCUT2D eigenvalue weighted by Crippen LogP contribution is -2.41. The molecule has 0 aromatic carbocycles. The number of alkyl halides is 1. The van der Waals surface area contributed by atoms with Crippen LogP contribution in [0.3, 0.4) is 0 Å². The quantitative estimate of drug-likeness (QED) is 0.488. The van der Waals surface area contributed by atoms with E-state index in [9.17, 15) is 0 Å². The zero-order valence-corrected chi connectivity index (χ0v) is 9.48. The zero-order chi connectivity index (χ0) is 9.68. The number of hydrogen-bond donors (Lipinski definition) is 0. The molecule has 0 radical (unpaired) electrons. The molecule has 13 heavy (non-hydrogen) atoms. The fourth-order valence-electron chi connectivity index (χ4n) is 1.58. The van der Waals surface area contributed by atoms with Gasteiger partial charge in [0, 0.05) is 25.0 Å². The summed E-state index contributed by atoms with van der Waals surface area (Å²) < 4.78 is 0. The van der Waals surface area contributed by atoms with Gasteiger partial charge in [0.05, 0.1) is 0 Å². The average molecular weight is 202 g/mol. The minimum absolute atomic E-state index is 0.757. The van der Waals surface area contributed by atoms with Crippen LogP contribution in [0.2, 0.25) is 0 Å². The summed E-state index contributed by atoms with van der Waals surface area (Å²) in [4.78, 5) is 2.50. The molecule has 2 heteroatoms. The summed E-state index contributed by atoms with van der Waals surface area (Å²) in [6.45, 7) is 6.43. The highest BCUT2D eigenvalue weighted by atomic mass is 35.5. The van der Waals surface area contributed by atoms with Gasteiger partial charge in [-0.1, -0.05) is 18.1 Å². The number of halogens is 1. The van der Waals surface area contributed by atoms with Crippen molar-refractivity contribution < 1.29 is 0 Å². The van der Waals surface area contributed by atoms with Gasteiger partial charge in [-0.3, -0.25) is 4.90 Å². The molecule has 0 spiro atoms. The molecular weight excluding hydrogens is 182 g/mol. The van der Waals surface area contributed by atoms with Crippen LogP contribution in [0, 0.1) is 0 Å². The summed E-state index contributed by atoms with van der Waals surface area (Å²) in [5, 5.41) is 0. The van der Waals surface area contributed by atoms with Gasteiger partial charge in [0.2, 0.25) is 0 Å². The Morgan fingerprint density at radius 1 is 1.46 bits per heavy atom. The van der Waals surface area contributed by atoms with Crippen LogP contribution < -0.4 is 0 Å². The lowest BCUT2D eigenvalue weighted by atomic mass is 9.91. The monoisotopic (exact) mass is 201 g/mol. The molecule has 1 nitrogen and oxygen atoms in total. The SMILES string of the molecule is CC(C)=CCN(CCCl)C1CCC1. The Hall–Kier alpha value is -0.0100. The largest absolute Gasteiger partial charge is 0.296 e. The van der Waals surface area contributed by atoms with Crippen molar-refractivity contribution in [2.75, 3.05) is 19.0 Å². The van der Waals surface area contributed by atoms with Gasteiger partial charge in [-0.15, -0.1) is 11.6 Å². The molecule has 1 aliphatic carbocycles. The van der Waals surface area contributed by atoms with Crippen LogP contribution in [-0.4, -0.2) is 29.9 Å². The lowest BCUT2D eigenvalue weighted by molar-refractivity contribution is 0.150. The van der Waals surface area contributed by atoms with E-state index in [-0.39, 0.29) is 0 Å². The number of hydrogen-bond acceptors (Lipinski definition) is 1. The van der Waals surface area contributed by atoms with Crippen molar-refractivity contribution in [2.45, 2.75) is 39.2 Å². The Labute approximate surface area is 86.8 Å². The van der Waals surface area contributed by atoms with E-state index in [4.69, 9.17) is 11.6 Å². The Kier molecular flexibility index (Phi) is 4.82. The maximum absolute atomic E-state index is 5.77. The summed E-state index contributed by atoms with van der Waals surface area (Å²) in [6.07, 6.45) is 6.43. The summed E-state index contributed by atoms with van der Waals surface area (Å²) in [6, 6.07) is 0.814. The second kappa shape index (κ2) is 5.66. The molecule has 0 saturated heterocycles. The van der Waals surface area contributed by atoms with E-state index in [0.717, 1.165) is 25.0 Å². The lowest BCUT2D eigenvalue weighted by Gasteiger charge is -2.36. The highest BCUT2D eigenvalue weighted by Crippen LogP contribution is 2.24. The molecule has 76 valence electrons. The van der Waals surface area contributed by atoms with E-state index >= 15 is 0 Å². The Morgan fingerprint density at radius 2 is 2.15 bits per heavy atom. The van der Waals surface area contributed by atoms with Crippen LogP contribution >= 0.6 is 11.6 Å². The van der Waals surface area contributed by atoms with Crippen molar-refractivity contribution in [3.05, 3.63) is 11.6 Å².